The van der Waals surface area contributed by atoms with E-state index in [-0.39, 0.29) is 10.8 Å². The normalized spacial score (nSPS) is 32.5. The summed E-state index contributed by atoms with van der Waals surface area (Å²) in [7, 11) is 0. The van der Waals surface area contributed by atoms with Crippen molar-refractivity contribution in [2.45, 2.75) is 79.4 Å². The Hall–Kier alpha value is -0.600. The molecular weight excluding hydrogens is 272 g/mol. The molecule has 2 aliphatic carbocycles. The Morgan fingerprint density at radius 1 is 0.864 bits per heavy atom. The van der Waals surface area contributed by atoms with E-state index in [0.717, 1.165) is 12.8 Å². The van der Waals surface area contributed by atoms with Crippen LogP contribution in [0.2, 0.25) is 0 Å². The van der Waals surface area contributed by atoms with Gasteiger partial charge in [0.25, 0.3) is 0 Å². The van der Waals surface area contributed by atoms with Crippen molar-refractivity contribution in [3.8, 4) is 0 Å². The zero-order valence-electron chi connectivity index (χ0n) is 15.2. The van der Waals surface area contributed by atoms with Crippen LogP contribution in [0.5, 0.6) is 0 Å². The Morgan fingerprint density at radius 3 is 1.41 bits per heavy atom. The molecule has 2 rings (SSSR count). The van der Waals surface area contributed by atoms with Gasteiger partial charge in [0.15, 0.2) is 0 Å². The fraction of sp³-hybridized carbons (Fsp3) is 0.800. The first kappa shape index (κ1) is 17.7. The molecule has 22 heavy (non-hydrogen) atoms. The van der Waals surface area contributed by atoms with Gasteiger partial charge < -0.3 is 10.2 Å². The SMILES string of the molecule is CC1=CC[C@H](CC(O)C(O)C[C@H]2CC=C(C)C2(C)C)C1(C)C. The fourth-order valence-electron chi connectivity index (χ4n) is 4.08. The lowest BCUT2D eigenvalue weighted by Gasteiger charge is -2.35. The summed E-state index contributed by atoms with van der Waals surface area (Å²) in [5.74, 6) is 0.877. The van der Waals surface area contributed by atoms with E-state index in [1.807, 2.05) is 0 Å². The maximum absolute atomic E-state index is 10.5. The molecule has 126 valence electrons. The number of hydrogen-bond donors (Lipinski definition) is 2. The molecule has 0 aromatic heterocycles. The molecule has 0 radical (unpaired) electrons. The first-order valence-corrected chi connectivity index (χ1v) is 8.77. The molecule has 0 saturated carbocycles. The van der Waals surface area contributed by atoms with E-state index in [0.29, 0.717) is 24.7 Å². The average molecular weight is 306 g/mol. The Kier molecular flexibility index (Phi) is 4.94. The maximum atomic E-state index is 10.5. The summed E-state index contributed by atoms with van der Waals surface area (Å²) in [6.45, 7) is 13.4. The quantitative estimate of drug-likeness (QED) is 0.736. The summed E-state index contributed by atoms with van der Waals surface area (Å²) in [4.78, 5) is 0. The first-order valence-electron chi connectivity index (χ1n) is 8.77. The standard InChI is InChI=1S/C20H34O2/c1-13-7-9-15(19(13,3)4)11-17(21)18(22)12-16-10-8-14(2)20(16,5)6/h7-8,15-18,21-22H,9-12H2,1-6H3/t15-,16-,17?,18?/m1/s1. The Bertz CT molecular complexity index is 426. The van der Waals surface area contributed by atoms with Crippen molar-refractivity contribution < 1.29 is 10.2 Å². The van der Waals surface area contributed by atoms with E-state index < -0.39 is 12.2 Å². The summed E-state index contributed by atoms with van der Waals surface area (Å²) in [5.41, 5.74) is 3.11. The lowest BCUT2D eigenvalue weighted by atomic mass is 9.72. The highest BCUT2D eigenvalue weighted by molar-refractivity contribution is 5.19. The van der Waals surface area contributed by atoms with Crippen molar-refractivity contribution in [2.24, 2.45) is 22.7 Å². The van der Waals surface area contributed by atoms with Gasteiger partial charge in [0, 0.05) is 0 Å². The van der Waals surface area contributed by atoms with Gasteiger partial charge in [-0.05, 0) is 62.2 Å². The molecule has 2 unspecified atom stereocenters. The predicted molar refractivity (Wildman–Crippen MR) is 92.5 cm³/mol. The lowest BCUT2D eigenvalue weighted by molar-refractivity contribution is -0.0210. The van der Waals surface area contributed by atoms with Gasteiger partial charge in [-0.1, -0.05) is 51.0 Å². The van der Waals surface area contributed by atoms with Crippen LogP contribution in [0.4, 0.5) is 0 Å². The smallest absolute Gasteiger partial charge is 0.0802 e. The van der Waals surface area contributed by atoms with Crippen molar-refractivity contribution in [3.63, 3.8) is 0 Å². The van der Waals surface area contributed by atoms with Gasteiger partial charge >= 0.3 is 0 Å². The summed E-state index contributed by atoms with van der Waals surface area (Å²) >= 11 is 0. The van der Waals surface area contributed by atoms with Gasteiger partial charge in [0.2, 0.25) is 0 Å². The molecule has 4 atom stereocenters. The maximum Gasteiger partial charge on any atom is 0.0802 e. The second-order valence-corrected chi connectivity index (χ2v) is 8.69. The largest absolute Gasteiger partial charge is 0.390 e. The molecule has 0 aromatic rings. The van der Waals surface area contributed by atoms with E-state index in [4.69, 9.17) is 0 Å². The van der Waals surface area contributed by atoms with Crippen LogP contribution in [-0.2, 0) is 0 Å². The molecule has 2 heteroatoms. The molecule has 0 heterocycles. The van der Waals surface area contributed by atoms with E-state index >= 15 is 0 Å². The Balaban J connectivity index is 1.90. The first-order chi connectivity index (χ1) is 10.1. The molecule has 0 saturated heterocycles. The number of allylic oxidation sites excluding steroid dienone is 4. The van der Waals surface area contributed by atoms with Crippen LogP contribution in [0.25, 0.3) is 0 Å². The molecule has 0 spiro atoms. The van der Waals surface area contributed by atoms with Crippen LogP contribution in [-0.4, -0.2) is 22.4 Å². The number of aliphatic hydroxyl groups excluding tert-OH is 2. The van der Waals surface area contributed by atoms with Crippen LogP contribution in [0.1, 0.15) is 67.2 Å². The lowest BCUT2D eigenvalue weighted by Crippen LogP contribution is -2.35. The van der Waals surface area contributed by atoms with E-state index in [1.54, 1.807) is 0 Å². The zero-order chi connectivity index (χ0) is 16.7. The van der Waals surface area contributed by atoms with E-state index in [1.165, 1.54) is 11.1 Å². The minimum Gasteiger partial charge on any atom is -0.390 e. The highest BCUT2D eigenvalue weighted by Gasteiger charge is 2.40. The number of rotatable bonds is 5. The third-order valence-corrected chi connectivity index (χ3v) is 6.99. The molecule has 0 fully saturated rings. The third-order valence-electron chi connectivity index (χ3n) is 6.99. The molecule has 2 N–H and O–H groups in total. The van der Waals surface area contributed by atoms with Crippen LogP contribution in [0.3, 0.4) is 0 Å². The summed E-state index contributed by atoms with van der Waals surface area (Å²) in [6, 6.07) is 0. The third kappa shape index (κ3) is 3.19. The Labute approximate surface area is 136 Å². The minimum atomic E-state index is -0.611. The van der Waals surface area contributed by atoms with Crippen LogP contribution < -0.4 is 0 Å². The summed E-state index contributed by atoms with van der Waals surface area (Å²) in [5, 5.41) is 21.0. The summed E-state index contributed by atoms with van der Waals surface area (Å²) < 4.78 is 0. The average Bonchev–Trinajstić information content (AvgIpc) is 2.82. The molecule has 2 nitrogen and oxygen atoms in total. The van der Waals surface area contributed by atoms with E-state index in [9.17, 15) is 10.2 Å². The minimum absolute atomic E-state index is 0.144. The monoisotopic (exact) mass is 306 g/mol. The van der Waals surface area contributed by atoms with Crippen LogP contribution >= 0.6 is 0 Å². The second-order valence-electron chi connectivity index (χ2n) is 8.69. The molecule has 0 aromatic carbocycles. The number of aliphatic hydroxyl groups is 2. The van der Waals surface area contributed by atoms with Gasteiger partial charge in [0.05, 0.1) is 12.2 Å². The van der Waals surface area contributed by atoms with Gasteiger partial charge in [-0.25, -0.2) is 0 Å². The summed E-state index contributed by atoms with van der Waals surface area (Å²) in [6.07, 6.45) is 6.80. The van der Waals surface area contributed by atoms with Crippen molar-refractivity contribution in [2.75, 3.05) is 0 Å². The number of hydrogen-bond acceptors (Lipinski definition) is 2. The zero-order valence-corrected chi connectivity index (χ0v) is 15.2. The topological polar surface area (TPSA) is 40.5 Å². The van der Waals surface area contributed by atoms with Crippen molar-refractivity contribution in [1.29, 1.82) is 0 Å². The molecule has 0 aliphatic heterocycles. The van der Waals surface area contributed by atoms with Gasteiger partial charge in [-0.3, -0.25) is 0 Å². The van der Waals surface area contributed by atoms with Crippen molar-refractivity contribution in [1.82, 2.24) is 0 Å². The van der Waals surface area contributed by atoms with Gasteiger partial charge in [-0.15, -0.1) is 0 Å². The van der Waals surface area contributed by atoms with Crippen molar-refractivity contribution in [3.05, 3.63) is 23.3 Å². The predicted octanol–water partition coefficient (Wildman–Crippen LogP) is 4.47. The molecule has 2 aliphatic rings. The van der Waals surface area contributed by atoms with Crippen molar-refractivity contribution >= 4 is 0 Å². The second kappa shape index (κ2) is 6.13. The fourth-order valence-corrected chi connectivity index (χ4v) is 4.08. The highest BCUT2D eigenvalue weighted by Crippen LogP contribution is 2.47. The molecule has 0 bridgehead atoms. The van der Waals surface area contributed by atoms with Gasteiger partial charge in [0.1, 0.15) is 0 Å². The molecular formula is C20H34O2. The highest BCUT2D eigenvalue weighted by atomic mass is 16.3. The molecule has 0 amide bonds. The Morgan fingerprint density at radius 2 is 1.18 bits per heavy atom. The van der Waals surface area contributed by atoms with Crippen LogP contribution in [0, 0.1) is 22.7 Å². The van der Waals surface area contributed by atoms with Crippen LogP contribution in [0.15, 0.2) is 23.3 Å². The van der Waals surface area contributed by atoms with Gasteiger partial charge in [-0.2, -0.15) is 0 Å². The van der Waals surface area contributed by atoms with E-state index in [2.05, 4.69) is 53.7 Å².